The van der Waals surface area contributed by atoms with E-state index in [2.05, 4.69) is 9.98 Å². The molecule has 134 valence electrons. The second-order valence-corrected chi connectivity index (χ2v) is 6.46. The number of aryl methyl sites for hydroxylation is 1. The maximum atomic E-state index is 11.6. The SMILES string of the molecule is Cc1nc2n(c1C=O)-c1ccc([N+](=O)[O-])cc1C(c1ccccc1Cl)=NC2. The zero-order valence-electron chi connectivity index (χ0n) is 14.2. The molecule has 0 radical (unpaired) electrons. The van der Waals surface area contributed by atoms with Crippen LogP contribution in [0.5, 0.6) is 0 Å². The summed E-state index contributed by atoms with van der Waals surface area (Å²) in [5.41, 5.74) is 3.24. The Morgan fingerprint density at radius 3 is 2.70 bits per heavy atom. The fourth-order valence-electron chi connectivity index (χ4n) is 3.26. The summed E-state index contributed by atoms with van der Waals surface area (Å²) in [6, 6.07) is 11.6. The number of nitro groups is 1. The number of imidazole rings is 1. The molecule has 0 spiro atoms. The second-order valence-electron chi connectivity index (χ2n) is 6.06. The summed E-state index contributed by atoms with van der Waals surface area (Å²) in [7, 11) is 0. The summed E-state index contributed by atoms with van der Waals surface area (Å²) in [5, 5.41) is 11.8. The van der Waals surface area contributed by atoms with Gasteiger partial charge in [0.15, 0.2) is 6.29 Å². The molecule has 0 atom stereocenters. The highest BCUT2D eigenvalue weighted by Gasteiger charge is 2.26. The van der Waals surface area contributed by atoms with Gasteiger partial charge < -0.3 is 0 Å². The fraction of sp³-hybridized carbons (Fsp3) is 0.105. The van der Waals surface area contributed by atoms with E-state index in [1.165, 1.54) is 12.1 Å². The number of aldehydes is 1. The molecule has 0 aliphatic carbocycles. The van der Waals surface area contributed by atoms with Gasteiger partial charge in [0, 0.05) is 28.3 Å². The van der Waals surface area contributed by atoms with Crippen LogP contribution < -0.4 is 0 Å². The molecule has 27 heavy (non-hydrogen) atoms. The molecule has 2 heterocycles. The maximum absolute atomic E-state index is 11.6. The third-order valence-electron chi connectivity index (χ3n) is 4.47. The van der Waals surface area contributed by atoms with Crippen LogP contribution in [-0.4, -0.2) is 26.5 Å². The van der Waals surface area contributed by atoms with E-state index in [-0.39, 0.29) is 12.2 Å². The lowest BCUT2D eigenvalue weighted by Gasteiger charge is -2.13. The van der Waals surface area contributed by atoms with E-state index in [1.54, 1.807) is 29.7 Å². The Hall–Kier alpha value is -3.32. The molecule has 0 amide bonds. The predicted molar refractivity (Wildman–Crippen MR) is 101 cm³/mol. The average Bonchev–Trinajstić information content (AvgIpc) is 2.89. The lowest BCUT2D eigenvalue weighted by atomic mass is 9.99. The maximum Gasteiger partial charge on any atom is 0.270 e. The van der Waals surface area contributed by atoms with Crippen molar-refractivity contribution in [3.8, 4) is 5.69 Å². The minimum absolute atomic E-state index is 0.0681. The number of hydrogen-bond acceptors (Lipinski definition) is 5. The van der Waals surface area contributed by atoms with Crippen LogP contribution in [-0.2, 0) is 6.54 Å². The van der Waals surface area contributed by atoms with Gasteiger partial charge >= 0.3 is 0 Å². The standard InChI is InChI=1S/C19H13ClN4O3/c1-11-17(10-25)23-16-7-6-12(24(26)27)8-14(16)19(21-9-18(23)22-11)13-4-2-3-5-15(13)20/h2-8,10H,9H2,1H3. The predicted octanol–water partition coefficient (Wildman–Crippen LogP) is 3.91. The number of aliphatic imine (C=N–C) groups is 1. The van der Waals surface area contributed by atoms with Crippen molar-refractivity contribution in [2.75, 3.05) is 0 Å². The highest BCUT2D eigenvalue weighted by molar-refractivity contribution is 6.35. The molecular weight excluding hydrogens is 368 g/mol. The van der Waals surface area contributed by atoms with Crippen LogP contribution in [0.1, 0.15) is 33.1 Å². The summed E-state index contributed by atoms with van der Waals surface area (Å²) in [6.45, 7) is 1.97. The summed E-state index contributed by atoms with van der Waals surface area (Å²) in [5.74, 6) is 0.590. The van der Waals surface area contributed by atoms with Crippen LogP contribution in [0.3, 0.4) is 0 Å². The van der Waals surface area contributed by atoms with E-state index < -0.39 is 4.92 Å². The van der Waals surface area contributed by atoms with Crippen molar-refractivity contribution in [1.29, 1.82) is 0 Å². The number of carbonyl (C=O) groups excluding carboxylic acids is 1. The van der Waals surface area contributed by atoms with Crippen LogP contribution in [0.2, 0.25) is 5.02 Å². The first-order valence-corrected chi connectivity index (χ1v) is 8.51. The van der Waals surface area contributed by atoms with Gasteiger partial charge in [-0.25, -0.2) is 4.98 Å². The Kier molecular flexibility index (Phi) is 4.08. The normalized spacial score (nSPS) is 12.6. The fourth-order valence-corrected chi connectivity index (χ4v) is 3.48. The van der Waals surface area contributed by atoms with Crippen LogP contribution in [0, 0.1) is 17.0 Å². The third kappa shape index (κ3) is 2.72. The third-order valence-corrected chi connectivity index (χ3v) is 4.80. The van der Waals surface area contributed by atoms with Crippen molar-refractivity contribution in [2.24, 2.45) is 4.99 Å². The van der Waals surface area contributed by atoms with Crippen molar-refractivity contribution < 1.29 is 9.72 Å². The Morgan fingerprint density at radius 1 is 1.22 bits per heavy atom. The number of nitrogens with zero attached hydrogens (tertiary/aromatic N) is 4. The summed E-state index contributed by atoms with van der Waals surface area (Å²) in [6.07, 6.45) is 0.734. The van der Waals surface area contributed by atoms with Gasteiger partial charge in [-0.2, -0.15) is 0 Å². The van der Waals surface area contributed by atoms with Crippen molar-refractivity contribution in [2.45, 2.75) is 13.5 Å². The number of benzene rings is 2. The molecular formula is C19H13ClN4O3. The minimum atomic E-state index is -0.462. The number of nitro benzene ring substituents is 1. The summed E-state index contributed by atoms with van der Waals surface area (Å²) in [4.78, 5) is 31.6. The summed E-state index contributed by atoms with van der Waals surface area (Å²) < 4.78 is 1.70. The Balaban J connectivity index is 2.06. The van der Waals surface area contributed by atoms with E-state index in [1.807, 2.05) is 12.1 Å². The molecule has 0 N–H and O–H groups in total. The topological polar surface area (TPSA) is 90.4 Å². The first kappa shape index (κ1) is 17.1. The monoisotopic (exact) mass is 380 g/mol. The first-order valence-electron chi connectivity index (χ1n) is 8.13. The minimum Gasteiger partial charge on any atom is -0.296 e. The largest absolute Gasteiger partial charge is 0.296 e. The highest BCUT2D eigenvalue weighted by Crippen LogP contribution is 2.31. The van der Waals surface area contributed by atoms with E-state index in [4.69, 9.17) is 11.6 Å². The van der Waals surface area contributed by atoms with E-state index in [0.717, 1.165) is 6.29 Å². The van der Waals surface area contributed by atoms with Crippen molar-refractivity contribution in [3.05, 3.63) is 85.9 Å². The highest BCUT2D eigenvalue weighted by atomic mass is 35.5. The quantitative estimate of drug-likeness (QED) is 0.391. The van der Waals surface area contributed by atoms with E-state index >= 15 is 0 Å². The number of fused-ring (bicyclic) bond motifs is 3. The number of halogens is 1. The number of carbonyl (C=O) groups is 1. The molecule has 3 aromatic rings. The van der Waals surface area contributed by atoms with Gasteiger partial charge in [-0.05, 0) is 19.1 Å². The number of aromatic nitrogens is 2. The van der Waals surface area contributed by atoms with Gasteiger partial charge in [0.1, 0.15) is 11.5 Å². The smallest absolute Gasteiger partial charge is 0.270 e. The van der Waals surface area contributed by atoms with Crippen LogP contribution in [0.25, 0.3) is 5.69 Å². The molecule has 8 heteroatoms. The first-order chi connectivity index (χ1) is 13.0. The Labute approximate surface area is 159 Å². The molecule has 0 fully saturated rings. The van der Waals surface area contributed by atoms with Crippen molar-refractivity contribution in [3.63, 3.8) is 0 Å². The van der Waals surface area contributed by atoms with E-state index in [0.29, 0.717) is 44.8 Å². The number of hydrogen-bond donors (Lipinski definition) is 0. The summed E-state index contributed by atoms with van der Waals surface area (Å²) >= 11 is 6.36. The van der Waals surface area contributed by atoms with Gasteiger partial charge in [0.25, 0.3) is 5.69 Å². The van der Waals surface area contributed by atoms with Crippen molar-refractivity contribution >= 4 is 29.3 Å². The average molecular weight is 381 g/mol. The van der Waals surface area contributed by atoms with Gasteiger partial charge in [-0.1, -0.05) is 29.8 Å². The lowest BCUT2D eigenvalue weighted by molar-refractivity contribution is -0.384. The zero-order valence-corrected chi connectivity index (χ0v) is 15.0. The van der Waals surface area contributed by atoms with Crippen LogP contribution in [0.4, 0.5) is 5.69 Å². The molecule has 0 unspecified atom stereocenters. The molecule has 4 rings (SSSR count). The lowest BCUT2D eigenvalue weighted by Crippen LogP contribution is -2.10. The van der Waals surface area contributed by atoms with E-state index in [9.17, 15) is 14.9 Å². The molecule has 0 bridgehead atoms. The molecule has 2 aromatic carbocycles. The van der Waals surface area contributed by atoms with Crippen LogP contribution >= 0.6 is 11.6 Å². The number of non-ortho nitro benzene ring substituents is 1. The molecule has 1 aliphatic heterocycles. The molecule has 0 saturated heterocycles. The zero-order chi connectivity index (χ0) is 19.1. The Morgan fingerprint density at radius 2 is 2.00 bits per heavy atom. The second kappa shape index (κ2) is 6.44. The van der Waals surface area contributed by atoms with Gasteiger partial charge in [0.2, 0.25) is 0 Å². The molecule has 7 nitrogen and oxygen atoms in total. The van der Waals surface area contributed by atoms with Crippen LogP contribution in [0.15, 0.2) is 47.5 Å². The van der Waals surface area contributed by atoms with Gasteiger partial charge in [-0.3, -0.25) is 24.5 Å². The van der Waals surface area contributed by atoms with Gasteiger partial charge in [0.05, 0.1) is 28.6 Å². The number of rotatable bonds is 3. The van der Waals surface area contributed by atoms with Crippen molar-refractivity contribution in [1.82, 2.24) is 9.55 Å². The molecule has 1 aliphatic rings. The molecule has 0 saturated carbocycles. The Bertz CT molecular complexity index is 1130. The van der Waals surface area contributed by atoms with Gasteiger partial charge in [-0.15, -0.1) is 0 Å². The molecule has 1 aromatic heterocycles.